The SMILES string of the molecule is Cc1cccc(C(C(=O)NC(Cc2ccccc2)C(=O)OC(C)(C)C)N(C(=O)C(NC(=O)OC(C)(C)C)C(C)C)C(C)C)c1O. The molecular formula is C35H51N3O7. The number of nitrogens with zero attached hydrogens (tertiary/aromatic N) is 1. The van der Waals surface area contributed by atoms with E-state index in [1.807, 2.05) is 30.3 Å². The number of ether oxygens (including phenoxy) is 2. The van der Waals surface area contributed by atoms with Gasteiger partial charge in [-0.25, -0.2) is 9.59 Å². The van der Waals surface area contributed by atoms with Crippen molar-refractivity contribution in [2.24, 2.45) is 5.92 Å². The number of benzene rings is 2. The molecule has 3 amide bonds. The Morgan fingerprint density at radius 3 is 1.91 bits per heavy atom. The number of amides is 3. The van der Waals surface area contributed by atoms with Gasteiger partial charge in [0.25, 0.3) is 0 Å². The molecule has 0 spiro atoms. The van der Waals surface area contributed by atoms with Crippen LogP contribution in [0.15, 0.2) is 48.5 Å². The Balaban J connectivity index is 2.64. The van der Waals surface area contributed by atoms with E-state index in [4.69, 9.17) is 9.47 Å². The summed E-state index contributed by atoms with van der Waals surface area (Å²) in [5.41, 5.74) is -0.138. The van der Waals surface area contributed by atoms with Crippen LogP contribution in [0.5, 0.6) is 5.75 Å². The Labute approximate surface area is 267 Å². The van der Waals surface area contributed by atoms with E-state index in [1.54, 1.807) is 94.4 Å². The molecule has 3 unspecified atom stereocenters. The standard InChI is InChI=1S/C35H51N3O7/c1-21(2)27(37-33(43)45-35(9,10)11)31(41)38(22(3)4)28(25-19-15-16-23(5)29(25)39)30(40)36-26(32(42)44-34(6,7)8)20-24-17-13-12-14-18-24/h12-19,21-22,26-28,39H,20H2,1-11H3,(H,36,40)(H,37,43). The average Bonchev–Trinajstić information content (AvgIpc) is 2.89. The highest BCUT2D eigenvalue weighted by Crippen LogP contribution is 2.34. The Kier molecular flexibility index (Phi) is 12.6. The van der Waals surface area contributed by atoms with Gasteiger partial charge in [0.1, 0.15) is 35.1 Å². The van der Waals surface area contributed by atoms with E-state index in [1.165, 1.54) is 4.90 Å². The van der Waals surface area contributed by atoms with Gasteiger partial charge in [0.15, 0.2) is 0 Å². The molecule has 0 saturated carbocycles. The van der Waals surface area contributed by atoms with Crippen LogP contribution in [0.25, 0.3) is 0 Å². The largest absolute Gasteiger partial charge is 0.507 e. The maximum absolute atomic E-state index is 14.4. The highest BCUT2D eigenvalue weighted by molar-refractivity contribution is 5.94. The first-order valence-electron chi connectivity index (χ1n) is 15.4. The molecule has 2 rings (SSSR count). The second-order valence-electron chi connectivity index (χ2n) is 13.9. The van der Waals surface area contributed by atoms with Crippen molar-refractivity contribution < 1.29 is 33.8 Å². The Bertz CT molecular complexity index is 1330. The quantitative estimate of drug-likeness (QED) is 0.277. The van der Waals surface area contributed by atoms with Gasteiger partial charge in [-0.05, 0) is 79.4 Å². The molecule has 3 N–H and O–H groups in total. The topological polar surface area (TPSA) is 134 Å². The number of rotatable bonds is 11. The number of phenolic OH excluding ortho intramolecular Hbond substituents is 1. The predicted octanol–water partition coefficient (Wildman–Crippen LogP) is 5.60. The van der Waals surface area contributed by atoms with E-state index in [0.717, 1.165) is 5.56 Å². The highest BCUT2D eigenvalue weighted by Gasteiger charge is 2.41. The molecule has 0 radical (unpaired) electrons. The fourth-order valence-corrected chi connectivity index (χ4v) is 4.77. The Morgan fingerprint density at radius 2 is 1.40 bits per heavy atom. The third-order valence-electron chi connectivity index (χ3n) is 6.80. The fourth-order valence-electron chi connectivity index (χ4n) is 4.77. The number of carbonyl (C=O) groups is 4. The number of esters is 1. The molecule has 0 aliphatic carbocycles. The third kappa shape index (κ3) is 11.1. The number of aryl methyl sites for hydroxylation is 1. The normalized spacial score (nSPS) is 13.9. The molecule has 45 heavy (non-hydrogen) atoms. The number of hydrogen-bond donors (Lipinski definition) is 3. The van der Waals surface area contributed by atoms with Crippen LogP contribution in [0, 0.1) is 12.8 Å². The van der Waals surface area contributed by atoms with Gasteiger partial charge >= 0.3 is 12.1 Å². The second-order valence-corrected chi connectivity index (χ2v) is 13.9. The van der Waals surface area contributed by atoms with Crippen LogP contribution < -0.4 is 10.6 Å². The number of alkyl carbamates (subject to hydrolysis) is 1. The lowest BCUT2D eigenvalue weighted by Crippen LogP contribution is -2.57. The van der Waals surface area contributed by atoms with Crippen molar-refractivity contribution in [3.05, 3.63) is 65.2 Å². The van der Waals surface area contributed by atoms with Crippen molar-refractivity contribution in [2.75, 3.05) is 0 Å². The van der Waals surface area contributed by atoms with Crippen LogP contribution in [0.1, 0.15) is 92.0 Å². The summed E-state index contributed by atoms with van der Waals surface area (Å²) in [6.45, 7) is 19.1. The van der Waals surface area contributed by atoms with Crippen molar-refractivity contribution >= 4 is 23.9 Å². The van der Waals surface area contributed by atoms with Crippen LogP contribution in [-0.4, -0.2) is 63.2 Å². The third-order valence-corrected chi connectivity index (χ3v) is 6.80. The lowest BCUT2D eigenvalue weighted by molar-refractivity contribution is -0.159. The number of aromatic hydroxyl groups is 1. The zero-order valence-corrected chi connectivity index (χ0v) is 28.6. The highest BCUT2D eigenvalue weighted by atomic mass is 16.6. The minimum atomic E-state index is -1.36. The van der Waals surface area contributed by atoms with Crippen LogP contribution in [-0.2, 0) is 30.3 Å². The Morgan fingerprint density at radius 1 is 0.822 bits per heavy atom. The summed E-state index contributed by atoms with van der Waals surface area (Å²) in [5.74, 6) is -2.42. The lowest BCUT2D eigenvalue weighted by Gasteiger charge is -2.39. The molecule has 0 fully saturated rings. The first-order valence-corrected chi connectivity index (χ1v) is 15.4. The molecule has 248 valence electrons. The monoisotopic (exact) mass is 625 g/mol. The molecular weight excluding hydrogens is 574 g/mol. The molecule has 0 aliphatic heterocycles. The van der Waals surface area contributed by atoms with Crippen molar-refractivity contribution in [1.82, 2.24) is 15.5 Å². The zero-order chi connectivity index (χ0) is 34.3. The van der Waals surface area contributed by atoms with Gasteiger partial charge in [0.2, 0.25) is 11.8 Å². The summed E-state index contributed by atoms with van der Waals surface area (Å²) in [6, 6.07) is 10.1. The van der Waals surface area contributed by atoms with Crippen LogP contribution in [0.3, 0.4) is 0 Å². The number of hydrogen-bond acceptors (Lipinski definition) is 7. The lowest BCUT2D eigenvalue weighted by atomic mass is 9.95. The number of para-hydroxylation sites is 1. The predicted molar refractivity (Wildman–Crippen MR) is 173 cm³/mol. The minimum Gasteiger partial charge on any atom is -0.507 e. The molecule has 0 bridgehead atoms. The van der Waals surface area contributed by atoms with Gasteiger partial charge in [-0.3, -0.25) is 9.59 Å². The van der Waals surface area contributed by atoms with Crippen LogP contribution in [0.4, 0.5) is 4.79 Å². The van der Waals surface area contributed by atoms with E-state index < -0.39 is 59.2 Å². The smallest absolute Gasteiger partial charge is 0.408 e. The van der Waals surface area contributed by atoms with Crippen molar-refractivity contribution in [1.29, 1.82) is 0 Å². The summed E-state index contributed by atoms with van der Waals surface area (Å²) in [6.07, 6.45) is -0.635. The van der Waals surface area contributed by atoms with Gasteiger partial charge in [0, 0.05) is 18.0 Å². The second kappa shape index (κ2) is 15.3. The first kappa shape index (κ1) is 37.1. The van der Waals surface area contributed by atoms with Gasteiger partial charge in [0.05, 0.1) is 0 Å². The summed E-state index contributed by atoms with van der Waals surface area (Å²) >= 11 is 0. The van der Waals surface area contributed by atoms with Gasteiger partial charge in [-0.15, -0.1) is 0 Å². The van der Waals surface area contributed by atoms with Crippen molar-refractivity contribution in [3.8, 4) is 5.75 Å². The summed E-state index contributed by atoms with van der Waals surface area (Å²) in [5, 5.41) is 16.7. The van der Waals surface area contributed by atoms with Crippen molar-refractivity contribution in [2.45, 2.75) is 118 Å². The molecule has 0 aliphatic rings. The zero-order valence-electron chi connectivity index (χ0n) is 28.6. The fraction of sp³-hybridized carbons (Fsp3) is 0.543. The molecule has 0 saturated heterocycles. The number of phenols is 1. The van der Waals surface area contributed by atoms with Crippen molar-refractivity contribution in [3.63, 3.8) is 0 Å². The molecule has 0 heterocycles. The molecule has 2 aromatic carbocycles. The van der Waals surface area contributed by atoms with Gasteiger partial charge in [-0.1, -0.05) is 62.4 Å². The van der Waals surface area contributed by atoms with Gasteiger partial charge in [-0.2, -0.15) is 0 Å². The summed E-state index contributed by atoms with van der Waals surface area (Å²) in [4.78, 5) is 56.3. The average molecular weight is 626 g/mol. The maximum Gasteiger partial charge on any atom is 0.408 e. The molecule has 10 heteroatoms. The summed E-state index contributed by atoms with van der Waals surface area (Å²) < 4.78 is 11.1. The first-order chi connectivity index (χ1) is 20.7. The van der Waals surface area contributed by atoms with E-state index in [0.29, 0.717) is 5.56 Å². The van der Waals surface area contributed by atoms with Gasteiger partial charge < -0.3 is 30.1 Å². The molecule has 10 nitrogen and oxygen atoms in total. The van der Waals surface area contributed by atoms with E-state index >= 15 is 0 Å². The van der Waals surface area contributed by atoms with Crippen LogP contribution in [0.2, 0.25) is 0 Å². The molecule has 2 aromatic rings. The van der Waals surface area contributed by atoms with E-state index in [2.05, 4.69) is 10.6 Å². The maximum atomic E-state index is 14.4. The van der Waals surface area contributed by atoms with E-state index in [9.17, 15) is 24.3 Å². The van der Waals surface area contributed by atoms with Crippen LogP contribution >= 0.6 is 0 Å². The summed E-state index contributed by atoms with van der Waals surface area (Å²) in [7, 11) is 0. The molecule has 3 atom stereocenters. The number of carbonyl (C=O) groups excluding carboxylic acids is 4. The Hall–Kier alpha value is -4.08. The molecule has 0 aromatic heterocycles. The van der Waals surface area contributed by atoms with E-state index in [-0.39, 0.29) is 23.7 Å². The minimum absolute atomic E-state index is 0.137. The number of nitrogens with one attached hydrogen (secondary N) is 2.